The van der Waals surface area contributed by atoms with Crippen LogP contribution in [0.3, 0.4) is 0 Å². The van der Waals surface area contributed by atoms with Crippen molar-refractivity contribution in [2.24, 2.45) is 0 Å². The Morgan fingerprint density at radius 3 is 2.83 bits per heavy atom. The van der Waals surface area contributed by atoms with Crippen LogP contribution >= 0.6 is 11.6 Å². The number of halogens is 1. The zero-order valence-corrected chi connectivity index (χ0v) is 13.3. The van der Waals surface area contributed by atoms with Crippen LogP contribution in [0.2, 0.25) is 5.02 Å². The standard InChI is InChI=1S/C18H16ClNO3/c1-12(14-6-8-16-17(10-14)23-11-22-16)20-18(21)9-7-13-4-2-3-5-15(13)19/h2-10,12H,11H2,1H3,(H,20,21)/b9-7+/t12-/m0/s1. The summed E-state index contributed by atoms with van der Waals surface area (Å²) in [4.78, 5) is 12.0. The highest BCUT2D eigenvalue weighted by molar-refractivity contribution is 6.32. The molecule has 1 atom stereocenters. The molecule has 4 nitrogen and oxygen atoms in total. The van der Waals surface area contributed by atoms with E-state index in [4.69, 9.17) is 21.1 Å². The number of rotatable bonds is 4. The van der Waals surface area contributed by atoms with E-state index in [1.165, 1.54) is 6.08 Å². The van der Waals surface area contributed by atoms with Gasteiger partial charge >= 0.3 is 0 Å². The van der Waals surface area contributed by atoms with E-state index < -0.39 is 0 Å². The zero-order valence-electron chi connectivity index (χ0n) is 12.6. The van der Waals surface area contributed by atoms with Crippen molar-refractivity contribution >= 4 is 23.6 Å². The van der Waals surface area contributed by atoms with Crippen LogP contribution in [-0.2, 0) is 4.79 Å². The van der Waals surface area contributed by atoms with Crippen LogP contribution in [0.1, 0.15) is 24.1 Å². The summed E-state index contributed by atoms with van der Waals surface area (Å²) >= 11 is 6.05. The van der Waals surface area contributed by atoms with Crippen molar-refractivity contribution in [1.82, 2.24) is 5.32 Å². The van der Waals surface area contributed by atoms with Gasteiger partial charge in [0.15, 0.2) is 11.5 Å². The van der Waals surface area contributed by atoms with Crippen LogP contribution in [0.4, 0.5) is 0 Å². The van der Waals surface area contributed by atoms with E-state index in [0.29, 0.717) is 10.8 Å². The predicted octanol–water partition coefficient (Wildman–Crippen LogP) is 3.96. The highest BCUT2D eigenvalue weighted by Gasteiger charge is 2.16. The first kappa shape index (κ1) is 15.4. The van der Waals surface area contributed by atoms with Crippen molar-refractivity contribution in [1.29, 1.82) is 0 Å². The lowest BCUT2D eigenvalue weighted by Gasteiger charge is -2.13. The van der Waals surface area contributed by atoms with Crippen LogP contribution < -0.4 is 14.8 Å². The highest BCUT2D eigenvalue weighted by Crippen LogP contribution is 2.34. The molecule has 0 aromatic heterocycles. The third kappa shape index (κ3) is 3.66. The van der Waals surface area contributed by atoms with Crippen LogP contribution in [-0.4, -0.2) is 12.7 Å². The number of amides is 1. The van der Waals surface area contributed by atoms with Crippen LogP contribution in [0.15, 0.2) is 48.5 Å². The Balaban J connectivity index is 1.64. The van der Waals surface area contributed by atoms with Gasteiger partial charge in [-0.2, -0.15) is 0 Å². The van der Waals surface area contributed by atoms with Crippen molar-refractivity contribution in [2.45, 2.75) is 13.0 Å². The second-order valence-corrected chi connectivity index (χ2v) is 5.61. The minimum absolute atomic E-state index is 0.145. The van der Waals surface area contributed by atoms with E-state index in [9.17, 15) is 4.79 Å². The molecule has 0 fully saturated rings. The molecule has 23 heavy (non-hydrogen) atoms. The molecule has 1 aliphatic rings. The molecule has 0 radical (unpaired) electrons. The van der Waals surface area contributed by atoms with E-state index in [0.717, 1.165) is 16.9 Å². The molecule has 1 heterocycles. The molecule has 118 valence electrons. The Morgan fingerprint density at radius 1 is 1.22 bits per heavy atom. The minimum atomic E-state index is -0.185. The fourth-order valence-electron chi connectivity index (χ4n) is 2.30. The predicted molar refractivity (Wildman–Crippen MR) is 89.6 cm³/mol. The lowest BCUT2D eigenvalue weighted by Crippen LogP contribution is -2.24. The molecule has 5 heteroatoms. The van der Waals surface area contributed by atoms with Crippen LogP contribution in [0.5, 0.6) is 11.5 Å². The summed E-state index contributed by atoms with van der Waals surface area (Å²) in [6.07, 6.45) is 3.18. The molecule has 3 rings (SSSR count). The Bertz CT molecular complexity index is 758. The van der Waals surface area contributed by atoms with E-state index in [-0.39, 0.29) is 18.7 Å². The third-order valence-electron chi connectivity index (χ3n) is 3.57. The molecule has 1 aliphatic heterocycles. The lowest BCUT2D eigenvalue weighted by atomic mass is 10.1. The van der Waals surface area contributed by atoms with Crippen LogP contribution in [0.25, 0.3) is 6.08 Å². The van der Waals surface area contributed by atoms with Crippen molar-refractivity contribution in [3.63, 3.8) is 0 Å². The number of carbonyl (C=O) groups is 1. The Morgan fingerprint density at radius 2 is 2.00 bits per heavy atom. The number of hydrogen-bond acceptors (Lipinski definition) is 3. The molecule has 0 spiro atoms. The summed E-state index contributed by atoms with van der Waals surface area (Å²) in [6, 6.07) is 12.9. The Labute approximate surface area is 139 Å². The summed E-state index contributed by atoms with van der Waals surface area (Å²) in [6.45, 7) is 2.15. The van der Waals surface area contributed by atoms with Crippen LogP contribution in [0, 0.1) is 0 Å². The van der Waals surface area contributed by atoms with Gasteiger partial charge in [-0.15, -0.1) is 0 Å². The monoisotopic (exact) mass is 329 g/mol. The van der Waals surface area contributed by atoms with Gasteiger partial charge in [-0.3, -0.25) is 4.79 Å². The van der Waals surface area contributed by atoms with Gasteiger partial charge in [0.25, 0.3) is 0 Å². The first-order valence-corrected chi connectivity index (χ1v) is 7.64. The van der Waals surface area contributed by atoms with Crippen molar-refractivity contribution < 1.29 is 14.3 Å². The highest BCUT2D eigenvalue weighted by atomic mass is 35.5. The molecule has 0 saturated carbocycles. The fourth-order valence-corrected chi connectivity index (χ4v) is 2.50. The summed E-state index contributed by atoms with van der Waals surface area (Å²) in [7, 11) is 0. The Hall–Kier alpha value is -2.46. The van der Waals surface area contributed by atoms with Crippen molar-refractivity contribution in [3.8, 4) is 11.5 Å². The van der Waals surface area contributed by atoms with Gasteiger partial charge in [-0.05, 0) is 42.3 Å². The van der Waals surface area contributed by atoms with Gasteiger partial charge in [0, 0.05) is 11.1 Å². The average molecular weight is 330 g/mol. The summed E-state index contributed by atoms with van der Waals surface area (Å²) < 4.78 is 10.6. The largest absolute Gasteiger partial charge is 0.454 e. The van der Waals surface area contributed by atoms with E-state index >= 15 is 0 Å². The zero-order chi connectivity index (χ0) is 16.2. The van der Waals surface area contributed by atoms with Gasteiger partial charge in [0.05, 0.1) is 6.04 Å². The molecule has 1 amide bonds. The summed E-state index contributed by atoms with van der Waals surface area (Å²) in [5.41, 5.74) is 1.76. The van der Waals surface area contributed by atoms with Gasteiger partial charge in [-0.1, -0.05) is 35.9 Å². The fraction of sp³-hybridized carbons (Fsp3) is 0.167. The minimum Gasteiger partial charge on any atom is -0.454 e. The molecule has 2 aromatic rings. The van der Waals surface area contributed by atoms with E-state index in [1.807, 2.05) is 43.3 Å². The van der Waals surface area contributed by atoms with Gasteiger partial charge < -0.3 is 14.8 Å². The number of carbonyl (C=O) groups excluding carboxylic acids is 1. The van der Waals surface area contributed by atoms with Gasteiger partial charge in [0.1, 0.15) is 0 Å². The van der Waals surface area contributed by atoms with E-state index in [1.54, 1.807) is 12.1 Å². The van der Waals surface area contributed by atoms with Gasteiger partial charge in [0.2, 0.25) is 12.7 Å². The van der Waals surface area contributed by atoms with E-state index in [2.05, 4.69) is 5.32 Å². The first-order valence-electron chi connectivity index (χ1n) is 7.26. The van der Waals surface area contributed by atoms with Crippen molar-refractivity contribution in [2.75, 3.05) is 6.79 Å². The lowest BCUT2D eigenvalue weighted by molar-refractivity contribution is -0.117. The number of ether oxygens (including phenoxy) is 2. The molecule has 2 aromatic carbocycles. The number of benzene rings is 2. The number of nitrogens with one attached hydrogen (secondary N) is 1. The van der Waals surface area contributed by atoms with Crippen molar-refractivity contribution in [3.05, 3.63) is 64.7 Å². The quantitative estimate of drug-likeness (QED) is 0.864. The maximum Gasteiger partial charge on any atom is 0.244 e. The third-order valence-corrected chi connectivity index (χ3v) is 3.92. The Kier molecular flexibility index (Phi) is 4.53. The summed E-state index contributed by atoms with van der Waals surface area (Å²) in [5.74, 6) is 1.25. The SMILES string of the molecule is C[C@H](NC(=O)/C=C/c1ccccc1Cl)c1ccc2c(c1)OCO2. The second-order valence-electron chi connectivity index (χ2n) is 5.20. The molecule has 0 saturated heterocycles. The molecular weight excluding hydrogens is 314 g/mol. The number of fused-ring (bicyclic) bond motifs is 1. The first-order chi connectivity index (χ1) is 11.1. The maximum atomic E-state index is 12.0. The molecule has 0 aliphatic carbocycles. The summed E-state index contributed by atoms with van der Waals surface area (Å²) in [5, 5.41) is 3.52. The number of hydrogen-bond donors (Lipinski definition) is 1. The smallest absolute Gasteiger partial charge is 0.244 e. The average Bonchev–Trinajstić information content (AvgIpc) is 3.01. The van der Waals surface area contributed by atoms with Gasteiger partial charge in [-0.25, -0.2) is 0 Å². The molecular formula is C18H16ClNO3. The molecule has 0 bridgehead atoms. The normalized spacial score (nSPS) is 14.0. The molecule has 0 unspecified atom stereocenters. The maximum absolute atomic E-state index is 12.0. The second kappa shape index (κ2) is 6.75. The molecule has 1 N–H and O–H groups in total. The topological polar surface area (TPSA) is 47.6 Å².